The highest BCUT2D eigenvalue weighted by atomic mass is 32.2. The number of carbonyl (C=O) groups is 1. The first kappa shape index (κ1) is 14.4. The smallest absolute Gasteiger partial charge is 0.354 e. The van der Waals surface area contributed by atoms with Crippen LogP contribution in [-0.4, -0.2) is 31.0 Å². The van der Waals surface area contributed by atoms with Gasteiger partial charge in [0.05, 0.1) is 0 Å². The van der Waals surface area contributed by atoms with Crippen molar-refractivity contribution in [3.05, 3.63) is 23.9 Å². The number of anilines is 1. The number of aromatic nitrogens is 1. The van der Waals surface area contributed by atoms with Crippen LogP contribution in [0.15, 0.2) is 18.2 Å². The summed E-state index contributed by atoms with van der Waals surface area (Å²) in [4.78, 5) is 14.3. The summed E-state index contributed by atoms with van der Waals surface area (Å²) in [5, 5.41) is 8.73. The summed E-state index contributed by atoms with van der Waals surface area (Å²) < 4.78 is 27.6. The second-order valence-corrected chi connectivity index (χ2v) is 5.56. The molecule has 100 valence electrons. The Morgan fingerprint density at radius 3 is 2.67 bits per heavy atom. The highest BCUT2D eigenvalue weighted by Crippen LogP contribution is 2.06. The fraction of sp³-hybridized carbons (Fsp3) is 0.400. The molecule has 0 unspecified atom stereocenters. The van der Waals surface area contributed by atoms with Crippen molar-refractivity contribution in [2.75, 3.05) is 11.3 Å². The molecule has 7 nitrogen and oxygen atoms in total. The average Bonchev–Trinajstić information content (AvgIpc) is 2.26. The Morgan fingerprint density at radius 1 is 1.44 bits per heavy atom. The SMILES string of the molecule is CC(C)CNS(=O)(=O)Nc1cccc(C(=O)O)n1. The number of aromatic carboxylic acids is 1. The van der Waals surface area contributed by atoms with Crippen molar-refractivity contribution in [1.29, 1.82) is 0 Å². The summed E-state index contributed by atoms with van der Waals surface area (Å²) in [7, 11) is -3.73. The molecule has 0 aliphatic heterocycles. The van der Waals surface area contributed by atoms with Crippen LogP contribution in [0.25, 0.3) is 0 Å². The second-order valence-electron chi connectivity index (χ2n) is 4.06. The molecule has 1 rings (SSSR count). The lowest BCUT2D eigenvalue weighted by molar-refractivity contribution is 0.0690. The first-order valence-corrected chi connectivity index (χ1v) is 6.76. The monoisotopic (exact) mass is 273 g/mol. The van der Waals surface area contributed by atoms with E-state index in [1.54, 1.807) is 0 Å². The first-order valence-electron chi connectivity index (χ1n) is 5.28. The van der Waals surface area contributed by atoms with Gasteiger partial charge in [-0.1, -0.05) is 19.9 Å². The van der Waals surface area contributed by atoms with E-state index in [0.29, 0.717) is 0 Å². The summed E-state index contributed by atoms with van der Waals surface area (Å²) in [5.41, 5.74) is -0.223. The Balaban J connectivity index is 2.78. The first-order chi connectivity index (χ1) is 8.30. The molecule has 0 aliphatic rings. The maximum atomic E-state index is 11.6. The number of pyridine rings is 1. The van der Waals surface area contributed by atoms with E-state index in [4.69, 9.17) is 5.11 Å². The summed E-state index contributed by atoms with van der Waals surface area (Å²) in [6.07, 6.45) is 0. The number of nitrogens with zero attached hydrogens (tertiary/aromatic N) is 1. The van der Waals surface area contributed by atoms with E-state index in [2.05, 4.69) is 14.4 Å². The maximum Gasteiger partial charge on any atom is 0.354 e. The van der Waals surface area contributed by atoms with Crippen molar-refractivity contribution in [2.45, 2.75) is 13.8 Å². The Morgan fingerprint density at radius 2 is 2.11 bits per heavy atom. The van der Waals surface area contributed by atoms with Gasteiger partial charge in [0.1, 0.15) is 5.82 Å². The zero-order chi connectivity index (χ0) is 13.8. The van der Waals surface area contributed by atoms with Crippen molar-refractivity contribution in [3.63, 3.8) is 0 Å². The molecule has 8 heteroatoms. The number of hydrogen-bond donors (Lipinski definition) is 3. The van der Waals surface area contributed by atoms with E-state index in [-0.39, 0.29) is 24.0 Å². The van der Waals surface area contributed by atoms with Gasteiger partial charge in [0.2, 0.25) is 0 Å². The number of hydrogen-bond acceptors (Lipinski definition) is 4. The van der Waals surface area contributed by atoms with Crippen molar-refractivity contribution < 1.29 is 18.3 Å². The molecule has 0 spiro atoms. The predicted octanol–water partition coefficient (Wildman–Crippen LogP) is 0.682. The molecule has 0 aliphatic carbocycles. The number of nitrogens with one attached hydrogen (secondary N) is 2. The third kappa shape index (κ3) is 4.68. The van der Waals surface area contributed by atoms with Crippen LogP contribution in [0.2, 0.25) is 0 Å². The van der Waals surface area contributed by atoms with Gasteiger partial charge in [-0.15, -0.1) is 0 Å². The molecule has 0 bridgehead atoms. The quantitative estimate of drug-likeness (QED) is 0.706. The van der Waals surface area contributed by atoms with Crippen LogP contribution in [0.3, 0.4) is 0 Å². The fourth-order valence-corrected chi connectivity index (χ4v) is 2.07. The summed E-state index contributed by atoms with van der Waals surface area (Å²) in [6.45, 7) is 4.02. The standard InChI is InChI=1S/C10H15N3O4S/c1-7(2)6-11-18(16,17)13-9-5-3-4-8(12-9)10(14)15/h3-5,7,11H,6H2,1-2H3,(H,12,13)(H,14,15). The molecule has 0 amide bonds. The van der Waals surface area contributed by atoms with E-state index in [0.717, 1.165) is 0 Å². The molecular formula is C10H15N3O4S. The molecule has 18 heavy (non-hydrogen) atoms. The fourth-order valence-electron chi connectivity index (χ4n) is 1.06. The maximum absolute atomic E-state index is 11.6. The van der Waals surface area contributed by atoms with Gasteiger partial charge in [0.25, 0.3) is 10.2 Å². The molecule has 0 fully saturated rings. The topological polar surface area (TPSA) is 108 Å². The molecule has 0 radical (unpaired) electrons. The highest BCUT2D eigenvalue weighted by molar-refractivity contribution is 7.90. The van der Waals surface area contributed by atoms with Crippen LogP contribution >= 0.6 is 0 Å². The van der Waals surface area contributed by atoms with Gasteiger partial charge in [0, 0.05) is 6.54 Å². The van der Waals surface area contributed by atoms with E-state index in [1.807, 2.05) is 13.8 Å². The normalized spacial score (nSPS) is 11.5. The second kappa shape index (κ2) is 5.78. The van der Waals surface area contributed by atoms with Crippen molar-refractivity contribution in [1.82, 2.24) is 9.71 Å². The van der Waals surface area contributed by atoms with Crippen LogP contribution in [0.4, 0.5) is 5.82 Å². The highest BCUT2D eigenvalue weighted by Gasteiger charge is 2.12. The lowest BCUT2D eigenvalue weighted by Crippen LogP contribution is -2.33. The zero-order valence-electron chi connectivity index (χ0n) is 10.0. The van der Waals surface area contributed by atoms with Gasteiger partial charge < -0.3 is 5.11 Å². The van der Waals surface area contributed by atoms with Gasteiger partial charge in [0.15, 0.2) is 5.69 Å². The van der Waals surface area contributed by atoms with E-state index < -0.39 is 16.2 Å². The Bertz CT molecular complexity index is 528. The molecule has 3 N–H and O–H groups in total. The minimum absolute atomic E-state index is 0.0360. The zero-order valence-corrected chi connectivity index (χ0v) is 10.9. The molecule has 1 heterocycles. The summed E-state index contributed by atoms with van der Waals surface area (Å²) in [6, 6.07) is 4.07. The van der Waals surface area contributed by atoms with Crippen LogP contribution in [0.5, 0.6) is 0 Å². The average molecular weight is 273 g/mol. The van der Waals surface area contributed by atoms with Crippen LogP contribution < -0.4 is 9.44 Å². The van der Waals surface area contributed by atoms with Crippen LogP contribution in [0.1, 0.15) is 24.3 Å². The lowest BCUT2D eigenvalue weighted by atomic mass is 10.2. The molecule has 0 aromatic carbocycles. The molecule has 1 aromatic rings. The van der Waals surface area contributed by atoms with E-state index in [9.17, 15) is 13.2 Å². The third-order valence-electron chi connectivity index (χ3n) is 1.89. The number of carboxylic acids is 1. The molecule has 0 saturated heterocycles. The summed E-state index contributed by atoms with van der Waals surface area (Å²) >= 11 is 0. The Kier molecular flexibility index (Phi) is 4.62. The predicted molar refractivity (Wildman–Crippen MR) is 66.6 cm³/mol. The molecule has 1 aromatic heterocycles. The van der Waals surface area contributed by atoms with Gasteiger partial charge in [-0.3, -0.25) is 4.72 Å². The minimum atomic E-state index is -3.73. The van der Waals surface area contributed by atoms with E-state index in [1.165, 1.54) is 18.2 Å². The van der Waals surface area contributed by atoms with Gasteiger partial charge in [-0.25, -0.2) is 9.78 Å². The molecule has 0 atom stereocenters. The number of carboxylic acid groups (broad SMARTS) is 1. The minimum Gasteiger partial charge on any atom is -0.477 e. The lowest BCUT2D eigenvalue weighted by Gasteiger charge is -2.10. The van der Waals surface area contributed by atoms with E-state index >= 15 is 0 Å². The Labute approximate surface area is 105 Å². The largest absolute Gasteiger partial charge is 0.477 e. The molecular weight excluding hydrogens is 258 g/mol. The van der Waals surface area contributed by atoms with Crippen molar-refractivity contribution in [3.8, 4) is 0 Å². The molecule has 0 saturated carbocycles. The summed E-state index contributed by atoms with van der Waals surface area (Å²) in [5.74, 6) is -1.09. The van der Waals surface area contributed by atoms with Crippen molar-refractivity contribution >= 4 is 22.0 Å². The number of rotatable bonds is 6. The van der Waals surface area contributed by atoms with Gasteiger partial charge in [-0.05, 0) is 18.1 Å². The van der Waals surface area contributed by atoms with Crippen molar-refractivity contribution in [2.24, 2.45) is 5.92 Å². The Hall–Kier alpha value is -1.67. The van der Waals surface area contributed by atoms with Gasteiger partial charge in [-0.2, -0.15) is 13.1 Å². The third-order valence-corrected chi connectivity index (χ3v) is 2.91. The van der Waals surface area contributed by atoms with Crippen LogP contribution in [0, 0.1) is 5.92 Å². The van der Waals surface area contributed by atoms with Crippen LogP contribution in [-0.2, 0) is 10.2 Å². The van der Waals surface area contributed by atoms with Gasteiger partial charge >= 0.3 is 5.97 Å².